The highest BCUT2D eigenvalue weighted by molar-refractivity contribution is 6.09. The number of benzene rings is 2. The first-order valence-electron chi connectivity index (χ1n) is 9.90. The van der Waals surface area contributed by atoms with E-state index in [1.807, 2.05) is 62.4 Å². The number of hydrogen-bond donors (Lipinski definition) is 1. The van der Waals surface area contributed by atoms with Crippen molar-refractivity contribution in [2.24, 2.45) is 0 Å². The van der Waals surface area contributed by atoms with Crippen LogP contribution in [-0.4, -0.2) is 26.6 Å². The molecule has 0 unspecified atom stereocenters. The standard InChI is InChI=1S/C23H24N4O2/c1-4-14(3)29-23(28)19-20-22(26-18-9-7-6-8-17(18)25-20)27(21(19)24)16-12-10-15(5-2)11-13-16/h6-14H,4-5,24H2,1-3H3/t14-/m1/s1. The fraction of sp³-hybridized carbons (Fsp3) is 0.261. The van der Waals surface area contributed by atoms with E-state index in [4.69, 9.17) is 20.4 Å². The second kappa shape index (κ2) is 7.54. The van der Waals surface area contributed by atoms with Gasteiger partial charge in [-0.05, 0) is 49.6 Å². The van der Waals surface area contributed by atoms with E-state index in [1.165, 1.54) is 5.56 Å². The molecule has 2 aromatic heterocycles. The van der Waals surface area contributed by atoms with Crippen molar-refractivity contribution >= 4 is 34.0 Å². The Morgan fingerprint density at radius 2 is 1.72 bits per heavy atom. The quantitative estimate of drug-likeness (QED) is 0.502. The lowest BCUT2D eigenvalue weighted by atomic mass is 10.1. The summed E-state index contributed by atoms with van der Waals surface area (Å²) < 4.78 is 7.35. The average Bonchev–Trinajstić information content (AvgIpc) is 3.02. The molecule has 6 nitrogen and oxygen atoms in total. The molecule has 0 aliphatic rings. The number of nitrogen functional groups attached to an aromatic ring is 1. The second-order valence-corrected chi connectivity index (χ2v) is 7.12. The van der Waals surface area contributed by atoms with Gasteiger partial charge < -0.3 is 10.5 Å². The van der Waals surface area contributed by atoms with E-state index in [1.54, 1.807) is 4.57 Å². The molecule has 0 fully saturated rings. The first kappa shape index (κ1) is 18.9. The van der Waals surface area contributed by atoms with Gasteiger partial charge in [-0.2, -0.15) is 0 Å². The number of carbonyl (C=O) groups is 1. The number of para-hydroxylation sites is 2. The number of aromatic nitrogens is 3. The maximum atomic E-state index is 12.9. The minimum Gasteiger partial charge on any atom is -0.459 e. The van der Waals surface area contributed by atoms with E-state index in [9.17, 15) is 4.79 Å². The zero-order chi connectivity index (χ0) is 20.5. The molecule has 0 aliphatic heterocycles. The van der Waals surface area contributed by atoms with Gasteiger partial charge in [0.05, 0.1) is 17.1 Å². The van der Waals surface area contributed by atoms with Crippen molar-refractivity contribution < 1.29 is 9.53 Å². The fourth-order valence-electron chi connectivity index (χ4n) is 3.33. The molecule has 2 N–H and O–H groups in total. The number of anilines is 1. The van der Waals surface area contributed by atoms with Gasteiger partial charge in [0.15, 0.2) is 5.65 Å². The third kappa shape index (κ3) is 3.31. The Kier molecular flexibility index (Phi) is 4.92. The van der Waals surface area contributed by atoms with Crippen molar-refractivity contribution in [1.82, 2.24) is 14.5 Å². The van der Waals surface area contributed by atoms with Crippen LogP contribution in [0.15, 0.2) is 48.5 Å². The first-order valence-corrected chi connectivity index (χ1v) is 9.90. The molecule has 0 radical (unpaired) electrons. The van der Waals surface area contributed by atoms with Gasteiger partial charge in [-0.3, -0.25) is 4.57 Å². The Morgan fingerprint density at radius 1 is 1.07 bits per heavy atom. The Bertz CT molecular complexity index is 1200. The van der Waals surface area contributed by atoms with Gasteiger partial charge in [-0.15, -0.1) is 0 Å². The zero-order valence-electron chi connectivity index (χ0n) is 16.8. The first-order chi connectivity index (χ1) is 14.0. The Hall–Kier alpha value is -3.41. The monoisotopic (exact) mass is 388 g/mol. The Morgan fingerprint density at radius 3 is 2.34 bits per heavy atom. The second-order valence-electron chi connectivity index (χ2n) is 7.12. The molecule has 4 aromatic rings. The molecule has 148 valence electrons. The predicted octanol–water partition coefficient (Wildman–Crippen LogP) is 4.67. The summed E-state index contributed by atoms with van der Waals surface area (Å²) in [6, 6.07) is 15.6. The summed E-state index contributed by atoms with van der Waals surface area (Å²) in [6.45, 7) is 5.93. The van der Waals surface area contributed by atoms with E-state index >= 15 is 0 Å². The normalized spacial score (nSPS) is 12.4. The molecule has 2 aromatic carbocycles. The lowest BCUT2D eigenvalue weighted by Gasteiger charge is -2.11. The van der Waals surface area contributed by atoms with Gasteiger partial charge in [0, 0.05) is 5.69 Å². The largest absolute Gasteiger partial charge is 0.459 e. The van der Waals surface area contributed by atoms with Crippen LogP contribution in [0.1, 0.15) is 43.1 Å². The maximum Gasteiger partial charge on any atom is 0.344 e. The molecular weight excluding hydrogens is 364 g/mol. The molecular formula is C23H24N4O2. The number of esters is 1. The summed E-state index contributed by atoms with van der Waals surface area (Å²) in [7, 11) is 0. The van der Waals surface area contributed by atoms with Crippen LogP contribution in [-0.2, 0) is 11.2 Å². The summed E-state index contributed by atoms with van der Waals surface area (Å²) in [4.78, 5) is 22.4. The number of rotatable bonds is 5. The minimum absolute atomic E-state index is 0.211. The molecule has 2 heterocycles. The SMILES string of the molecule is CCc1ccc(-n2c(N)c(C(=O)O[C@H](C)CC)c3nc4ccccc4nc32)cc1. The molecule has 0 bridgehead atoms. The van der Waals surface area contributed by atoms with Crippen molar-refractivity contribution in [2.45, 2.75) is 39.7 Å². The predicted molar refractivity (Wildman–Crippen MR) is 115 cm³/mol. The van der Waals surface area contributed by atoms with Crippen LogP contribution in [0.25, 0.3) is 27.9 Å². The number of fused-ring (bicyclic) bond motifs is 2. The number of hydrogen-bond acceptors (Lipinski definition) is 5. The molecule has 29 heavy (non-hydrogen) atoms. The highest BCUT2D eigenvalue weighted by atomic mass is 16.5. The smallest absolute Gasteiger partial charge is 0.344 e. The van der Waals surface area contributed by atoms with Gasteiger partial charge >= 0.3 is 5.97 Å². The third-order valence-electron chi connectivity index (χ3n) is 5.19. The molecule has 4 rings (SSSR count). The highest BCUT2D eigenvalue weighted by Crippen LogP contribution is 2.32. The Balaban J connectivity index is 1.99. The van der Waals surface area contributed by atoms with E-state index < -0.39 is 5.97 Å². The van der Waals surface area contributed by atoms with Crippen LogP contribution in [0.2, 0.25) is 0 Å². The summed E-state index contributed by atoms with van der Waals surface area (Å²) in [5, 5.41) is 0. The van der Waals surface area contributed by atoms with Crippen molar-refractivity contribution in [2.75, 3.05) is 5.73 Å². The molecule has 0 amide bonds. The number of carbonyl (C=O) groups excluding carboxylic acids is 1. The van der Waals surface area contributed by atoms with Crippen molar-refractivity contribution in [1.29, 1.82) is 0 Å². The van der Waals surface area contributed by atoms with E-state index in [-0.39, 0.29) is 17.5 Å². The lowest BCUT2D eigenvalue weighted by molar-refractivity contribution is 0.0338. The Labute approximate surface area is 169 Å². The highest BCUT2D eigenvalue weighted by Gasteiger charge is 2.26. The number of nitrogens with zero attached hydrogens (tertiary/aromatic N) is 3. The van der Waals surface area contributed by atoms with Gasteiger partial charge in [-0.1, -0.05) is 38.1 Å². The summed E-state index contributed by atoms with van der Waals surface area (Å²) >= 11 is 0. The van der Waals surface area contributed by atoms with Crippen molar-refractivity contribution in [3.05, 3.63) is 59.7 Å². The van der Waals surface area contributed by atoms with Gasteiger partial charge in [0.2, 0.25) is 0 Å². The topological polar surface area (TPSA) is 83.0 Å². The molecule has 0 aliphatic carbocycles. The van der Waals surface area contributed by atoms with Crippen LogP contribution in [0.4, 0.5) is 5.82 Å². The third-order valence-corrected chi connectivity index (χ3v) is 5.19. The average molecular weight is 388 g/mol. The van der Waals surface area contributed by atoms with Crippen LogP contribution in [0, 0.1) is 0 Å². The fourth-order valence-corrected chi connectivity index (χ4v) is 3.33. The van der Waals surface area contributed by atoms with E-state index in [2.05, 4.69) is 6.92 Å². The number of nitrogens with two attached hydrogens (primary N) is 1. The minimum atomic E-state index is -0.477. The maximum absolute atomic E-state index is 12.9. The van der Waals surface area contributed by atoms with Gasteiger partial charge in [0.1, 0.15) is 16.9 Å². The molecule has 1 atom stereocenters. The molecule has 0 spiro atoms. The molecule has 0 saturated carbocycles. The van der Waals surface area contributed by atoms with Crippen molar-refractivity contribution in [3.63, 3.8) is 0 Å². The van der Waals surface area contributed by atoms with Crippen LogP contribution < -0.4 is 5.73 Å². The summed E-state index contributed by atoms with van der Waals surface area (Å²) in [6.07, 6.45) is 1.45. The van der Waals surface area contributed by atoms with Gasteiger partial charge in [-0.25, -0.2) is 14.8 Å². The van der Waals surface area contributed by atoms with Crippen molar-refractivity contribution in [3.8, 4) is 5.69 Å². The summed E-state index contributed by atoms with van der Waals surface area (Å²) in [5.74, 6) is -0.191. The van der Waals surface area contributed by atoms with E-state index in [0.717, 1.165) is 24.0 Å². The zero-order valence-corrected chi connectivity index (χ0v) is 16.8. The number of ether oxygens (including phenoxy) is 1. The van der Waals surface area contributed by atoms with Gasteiger partial charge in [0.25, 0.3) is 0 Å². The molecule has 0 saturated heterocycles. The van der Waals surface area contributed by atoms with Crippen LogP contribution in [0.5, 0.6) is 0 Å². The van der Waals surface area contributed by atoms with Crippen LogP contribution in [0.3, 0.4) is 0 Å². The number of aryl methyl sites for hydroxylation is 1. The van der Waals surface area contributed by atoms with Crippen LogP contribution >= 0.6 is 0 Å². The molecule has 6 heteroatoms. The summed E-state index contributed by atoms with van der Waals surface area (Å²) in [5.41, 5.74) is 11.2. The van der Waals surface area contributed by atoms with E-state index in [0.29, 0.717) is 16.7 Å². The lowest BCUT2D eigenvalue weighted by Crippen LogP contribution is -2.15.